The topological polar surface area (TPSA) is 71.1 Å². The van der Waals surface area contributed by atoms with Crippen LogP contribution in [0.15, 0.2) is 24.3 Å². The highest BCUT2D eigenvalue weighted by atomic mass is 16.6. The Balaban J connectivity index is 2.20. The highest BCUT2D eigenvalue weighted by Crippen LogP contribution is 2.39. The van der Waals surface area contributed by atoms with Crippen LogP contribution in [-0.2, 0) is 30.2 Å². The fourth-order valence-electron chi connectivity index (χ4n) is 2.86. The van der Waals surface area contributed by atoms with E-state index in [2.05, 4.69) is 5.92 Å². The molecular weight excluding hydrogens is 324 g/mol. The number of ether oxygens (including phenoxy) is 4. The van der Waals surface area contributed by atoms with Gasteiger partial charge in [0, 0.05) is 6.42 Å². The first-order chi connectivity index (χ1) is 12.1. The van der Waals surface area contributed by atoms with E-state index in [0.717, 1.165) is 5.56 Å². The van der Waals surface area contributed by atoms with E-state index in [4.69, 9.17) is 25.4 Å². The summed E-state index contributed by atoms with van der Waals surface area (Å²) in [7, 11) is 1.57. The van der Waals surface area contributed by atoms with Gasteiger partial charge in [-0.15, -0.1) is 6.42 Å². The van der Waals surface area contributed by atoms with Crippen molar-refractivity contribution in [1.82, 2.24) is 0 Å². The molecule has 0 aromatic heterocycles. The molecule has 0 bridgehead atoms. The summed E-state index contributed by atoms with van der Waals surface area (Å²) >= 11 is 0. The number of hydrogen-bond acceptors (Lipinski definition) is 6. The van der Waals surface area contributed by atoms with Crippen molar-refractivity contribution in [3.8, 4) is 18.1 Å². The van der Waals surface area contributed by atoms with Crippen LogP contribution in [0, 0.1) is 17.8 Å². The summed E-state index contributed by atoms with van der Waals surface area (Å²) in [5.74, 6) is 1.89. The molecule has 6 nitrogen and oxygen atoms in total. The zero-order valence-corrected chi connectivity index (χ0v) is 14.4. The predicted molar refractivity (Wildman–Crippen MR) is 89.9 cm³/mol. The van der Waals surface area contributed by atoms with Crippen molar-refractivity contribution in [1.29, 1.82) is 0 Å². The zero-order valence-electron chi connectivity index (χ0n) is 14.4. The first-order valence-electron chi connectivity index (χ1n) is 8.08. The van der Waals surface area contributed by atoms with Crippen LogP contribution in [0.25, 0.3) is 0 Å². The van der Waals surface area contributed by atoms with E-state index >= 15 is 0 Å². The highest BCUT2D eigenvalue weighted by Gasteiger charge is 2.56. The van der Waals surface area contributed by atoms with Gasteiger partial charge in [0.15, 0.2) is 5.41 Å². The largest absolute Gasteiger partial charge is 0.497 e. The van der Waals surface area contributed by atoms with Crippen molar-refractivity contribution in [2.75, 3.05) is 26.9 Å². The van der Waals surface area contributed by atoms with Gasteiger partial charge in [0.1, 0.15) is 18.5 Å². The molecule has 1 aromatic carbocycles. The molecule has 0 saturated carbocycles. The minimum absolute atomic E-state index is 0.124. The quantitative estimate of drug-likeness (QED) is 0.309. The minimum atomic E-state index is -1.37. The third-order valence-corrected chi connectivity index (χ3v) is 4.06. The van der Waals surface area contributed by atoms with Crippen LogP contribution < -0.4 is 4.74 Å². The molecule has 2 unspecified atom stereocenters. The van der Waals surface area contributed by atoms with E-state index in [1.807, 2.05) is 12.1 Å². The van der Waals surface area contributed by atoms with Gasteiger partial charge >= 0.3 is 11.9 Å². The fraction of sp³-hybridized carbons (Fsp3) is 0.474. The van der Waals surface area contributed by atoms with Gasteiger partial charge in [-0.3, -0.25) is 9.59 Å². The van der Waals surface area contributed by atoms with Crippen molar-refractivity contribution in [3.05, 3.63) is 29.8 Å². The van der Waals surface area contributed by atoms with E-state index in [-0.39, 0.29) is 32.7 Å². The van der Waals surface area contributed by atoms with Crippen LogP contribution in [-0.4, -0.2) is 45.0 Å². The monoisotopic (exact) mass is 346 g/mol. The lowest BCUT2D eigenvalue weighted by atomic mass is 9.79. The lowest BCUT2D eigenvalue weighted by Crippen LogP contribution is -2.39. The summed E-state index contributed by atoms with van der Waals surface area (Å²) in [6.45, 7) is 2.17. The molecule has 0 amide bonds. The molecule has 1 saturated heterocycles. The molecule has 1 heterocycles. The normalized spacial score (nSPS) is 22.1. The number of carbonyl (C=O) groups excluding carboxylic acids is 2. The summed E-state index contributed by atoms with van der Waals surface area (Å²) < 4.78 is 20.9. The maximum Gasteiger partial charge on any atom is 0.324 e. The Morgan fingerprint density at radius 2 is 2.12 bits per heavy atom. The number of cyclic esters (lactones) is 1. The third-order valence-electron chi connectivity index (χ3n) is 4.06. The van der Waals surface area contributed by atoms with Gasteiger partial charge in [-0.05, 0) is 31.0 Å². The first kappa shape index (κ1) is 18.8. The molecule has 1 aromatic rings. The predicted octanol–water partition coefficient (Wildman–Crippen LogP) is 1.75. The highest BCUT2D eigenvalue weighted by molar-refractivity contribution is 6.01. The summed E-state index contributed by atoms with van der Waals surface area (Å²) in [5.41, 5.74) is -0.551. The van der Waals surface area contributed by atoms with Gasteiger partial charge in [-0.25, -0.2) is 0 Å². The van der Waals surface area contributed by atoms with E-state index in [0.29, 0.717) is 5.75 Å². The van der Waals surface area contributed by atoms with E-state index in [1.165, 1.54) is 0 Å². The zero-order chi connectivity index (χ0) is 18.3. The molecule has 0 aliphatic carbocycles. The second-order valence-electron chi connectivity index (χ2n) is 5.78. The molecule has 1 aliphatic rings. The molecule has 0 N–H and O–H groups in total. The van der Waals surface area contributed by atoms with Crippen molar-refractivity contribution in [2.45, 2.75) is 25.9 Å². The van der Waals surface area contributed by atoms with E-state index in [1.54, 1.807) is 26.2 Å². The second-order valence-corrected chi connectivity index (χ2v) is 5.78. The molecule has 6 heteroatoms. The number of terminal acetylenes is 1. The Hall–Kier alpha value is -2.52. The lowest BCUT2D eigenvalue weighted by molar-refractivity contribution is -0.165. The standard InChI is InChI=1S/C19H22O6/c1-4-10-23-13-16-12-19(18(21)25-16,17(20)24-5-2)11-14-6-8-15(22-3)9-7-14/h1,6-9,16H,5,10-13H2,2-3H3. The maximum absolute atomic E-state index is 12.6. The molecule has 134 valence electrons. The van der Waals surface area contributed by atoms with Gasteiger partial charge in [0.2, 0.25) is 0 Å². The molecule has 1 aliphatic heterocycles. The Kier molecular flexibility index (Phi) is 6.43. The number of methoxy groups -OCH3 is 1. The van der Waals surface area contributed by atoms with Crippen LogP contribution in [0.4, 0.5) is 0 Å². The Morgan fingerprint density at radius 3 is 2.72 bits per heavy atom. The Morgan fingerprint density at radius 1 is 1.40 bits per heavy atom. The summed E-state index contributed by atoms with van der Waals surface area (Å²) in [6.07, 6.45) is 5.01. The first-order valence-corrected chi connectivity index (χ1v) is 8.08. The van der Waals surface area contributed by atoms with Gasteiger partial charge in [0.05, 0.1) is 20.3 Å². The molecular formula is C19H22O6. The van der Waals surface area contributed by atoms with Crippen molar-refractivity contribution in [2.24, 2.45) is 5.41 Å². The van der Waals surface area contributed by atoms with E-state index in [9.17, 15) is 9.59 Å². The number of carbonyl (C=O) groups is 2. The van der Waals surface area contributed by atoms with Crippen LogP contribution in [0.1, 0.15) is 18.9 Å². The molecule has 2 rings (SSSR count). The van der Waals surface area contributed by atoms with Crippen LogP contribution in [0.2, 0.25) is 0 Å². The molecule has 1 fully saturated rings. The number of rotatable bonds is 8. The van der Waals surface area contributed by atoms with Gasteiger partial charge < -0.3 is 18.9 Å². The molecule has 2 atom stereocenters. The van der Waals surface area contributed by atoms with Gasteiger partial charge in [-0.2, -0.15) is 0 Å². The van der Waals surface area contributed by atoms with Crippen LogP contribution in [0.5, 0.6) is 5.75 Å². The van der Waals surface area contributed by atoms with Crippen molar-refractivity contribution in [3.63, 3.8) is 0 Å². The number of hydrogen-bond donors (Lipinski definition) is 0. The Bertz CT molecular complexity index is 645. The third kappa shape index (κ3) is 4.31. The average molecular weight is 346 g/mol. The fourth-order valence-corrected chi connectivity index (χ4v) is 2.86. The summed E-state index contributed by atoms with van der Waals surface area (Å²) in [6, 6.07) is 7.19. The minimum Gasteiger partial charge on any atom is -0.497 e. The van der Waals surface area contributed by atoms with Crippen LogP contribution in [0.3, 0.4) is 0 Å². The van der Waals surface area contributed by atoms with Gasteiger partial charge in [0.25, 0.3) is 0 Å². The van der Waals surface area contributed by atoms with Crippen molar-refractivity contribution < 1.29 is 28.5 Å². The maximum atomic E-state index is 12.6. The lowest BCUT2D eigenvalue weighted by Gasteiger charge is -2.22. The van der Waals surface area contributed by atoms with Gasteiger partial charge in [-0.1, -0.05) is 18.1 Å². The molecule has 25 heavy (non-hydrogen) atoms. The molecule has 0 radical (unpaired) electrons. The molecule has 0 spiro atoms. The number of benzene rings is 1. The van der Waals surface area contributed by atoms with Crippen molar-refractivity contribution >= 4 is 11.9 Å². The van der Waals surface area contributed by atoms with E-state index < -0.39 is 23.5 Å². The smallest absolute Gasteiger partial charge is 0.324 e. The number of esters is 2. The Labute approximate surface area is 147 Å². The average Bonchev–Trinajstić information content (AvgIpc) is 2.93. The van der Waals surface area contributed by atoms with Crippen LogP contribution >= 0.6 is 0 Å². The summed E-state index contributed by atoms with van der Waals surface area (Å²) in [4.78, 5) is 25.1. The summed E-state index contributed by atoms with van der Waals surface area (Å²) in [5, 5.41) is 0. The SMILES string of the molecule is C#CCOCC1CC(Cc2ccc(OC)cc2)(C(=O)OCC)C(=O)O1. The second kappa shape index (κ2) is 8.54.